The highest BCUT2D eigenvalue weighted by Crippen LogP contribution is 2.24. The lowest BCUT2D eigenvalue weighted by Crippen LogP contribution is -2.31. The molecule has 5 heteroatoms. The summed E-state index contributed by atoms with van der Waals surface area (Å²) >= 11 is 0. The van der Waals surface area contributed by atoms with Gasteiger partial charge in [0.25, 0.3) is 0 Å². The molecule has 0 bridgehead atoms. The van der Waals surface area contributed by atoms with Crippen LogP contribution in [-0.4, -0.2) is 26.4 Å². The first-order valence-electron chi connectivity index (χ1n) is 8.80. The molecule has 0 spiro atoms. The van der Waals surface area contributed by atoms with Gasteiger partial charge in [0.05, 0.1) is 17.5 Å². The number of aromatic nitrogens is 3. The molecule has 0 radical (unpaired) electrons. The normalized spacial score (nSPS) is 14.5. The van der Waals surface area contributed by atoms with Crippen LogP contribution >= 0.6 is 0 Å². The molecular weight excluding hydrogens is 324 g/mol. The first kappa shape index (κ1) is 15.2. The van der Waals surface area contributed by atoms with Crippen molar-refractivity contribution in [3.63, 3.8) is 0 Å². The number of benzene rings is 1. The zero-order valence-electron chi connectivity index (χ0n) is 14.3. The Bertz CT molecular complexity index is 1050. The number of rotatable bonds is 3. The number of furan rings is 1. The van der Waals surface area contributed by atoms with Crippen LogP contribution in [0.3, 0.4) is 0 Å². The first-order chi connectivity index (χ1) is 12.9. The number of hydrogen-bond acceptors (Lipinski definition) is 5. The lowest BCUT2D eigenvalue weighted by molar-refractivity contribution is 0.243. The van der Waals surface area contributed by atoms with Crippen molar-refractivity contribution in [3.05, 3.63) is 77.9 Å². The summed E-state index contributed by atoms with van der Waals surface area (Å²) in [4.78, 5) is 16.1. The molecule has 5 rings (SSSR count). The monoisotopic (exact) mass is 342 g/mol. The van der Waals surface area contributed by atoms with Gasteiger partial charge in [-0.25, -0.2) is 9.97 Å². The minimum Gasteiger partial charge on any atom is -0.461 e. The van der Waals surface area contributed by atoms with Gasteiger partial charge in [0.2, 0.25) is 0 Å². The van der Waals surface area contributed by atoms with Gasteiger partial charge in [0.1, 0.15) is 0 Å². The largest absolute Gasteiger partial charge is 0.461 e. The van der Waals surface area contributed by atoms with E-state index >= 15 is 0 Å². The van der Waals surface area contributed by atoms with E-state index in [2.05, 4.69) is 39.1 Å². The van der Waals surface area contributed by atoms with Gasteiger partial charge in [-0.15, -0.1) is 0 Å². The van der Waals surface area contributed by atoms with Gasteiger partial charge >= 0.3 is 0 Å². The Morgan fingerprint density at radius 2 is 2.00 bits per heavy atom. The Kier molecular flexibility index (Phi) is 3.72. The van der Waals surface area contributed by atoms with Crippen LogP contribution in [0, 0.1) is 0 Å². The van der Waals surface area contributed by atoms with Crippen LogP contribution < -0.4 is 0 Å². The molecule has 5 nitrogen and oxygen atoms in total. The second-order valence-electron chi connectivity index (χ2n) is 6.59. The van der Waals surface area contributed by atoms with Crippen molar-refractivity contribution in [3.8, 4) is 11.6 Å². The average molecular weight is 342 g/mol. The highest BCUT2D eigenvalue weighted by Gasteiger charge is 2.20. The maximum atomic E-state index is 5.41. The number of hydrogen-bond donors (Lipinski definition) is 0. The Balaban J connectivity index is 1.39. The molecule has 0 fully saturated rings. The van der Waals surface area contributed by atoms with E-state index in [1.165, 1.54) is 16.5 Å². The summed E-state index contributed by atoms with van der Waals surface area (Å²) in [5.74, 6) is 1.39. The Morgan fingerprint density at radius 1 is 1.04 bits per heavy atom. The molecule has 4 aromatic rings. The van der Waals surface area contributed by atoms with Gasteiger partial charge in [0, 0.05) is 49.4 Å². The van der Waals surface area contributed by atoms with E-state index in [0.29, 0.717) is 5.82 Å². The summed E-state index contributed by atoms with van der Waals surface area (Å²) in [7, 11) is 0. The minimum absolute atomic E-state index is 0.669. The molecule has 1 aliphatic rings. The third-order valence-electron chi connectivity index (χ3n) is 4.89. The van der Waals surface area contributed by atoms with Gasteiger partial charge < -0.3 is 4.42 Å². The van der Waals surface area contributed by atoms with Crippen LogP contribution in [-0.2, 0) is 19.5 Å². The van der Waals surface area contributed by atoms with Crippen LogP contribution in [0.1, 0.15) is 16.8 Å². The van der Waals surface area contributed by atoms with Gasteiger partial charge in [-0.2, -0.15) is 0 Å². The molecule has 0 saturated heterocycles. The third kappa shape index (κ3) is 2.76. The fourth-order valence-electron chi connectivity index (χ4n) is 3.57. The van der Waals surface area contributed by atoms with Crippen LogP contribution in [0.5, 0.6) is 0 Å². The number of pyridine rings is 1. The van der Waals surface area contributed by atoms with E-state index in [9.17, 15) is 0 Å². The lowest BCUT2D eigenvalue weighted by atomic mass is 10.0. The number of para-hydroxylation sites is 1. The first-order valence-corrected chi connectivity index (χ1v) is 8.80. The molecule has 128 valence electrons. The van der Waals surface area contributed by atoms with Crippen LogP contribution in [0.15, 0.2) is 65.5 Å². The Labute approximate surface area is 151 Å². The Hall–Kier alpha value is -3.05. The van der Waals surface area contributed by atoms with E-state index in [0.717, 1.165) is 43.0 Å². The molecule has 4 heterocycles. The molecule has 0 amide bonds. The predicted octanol–water partition coefficient (Wildman–Crippen LogP) is 3.84. The lowest BCUT2D eigenvalue weighted by Gasteiger charge is -2.28. The molecule has 1 aliphatic heterocycles. The quantitative estimate of drug-likeness (QED) is 0.566. The highest BCUT2D eigenvalue weighted by molar-refractivity contribution is 5.81. The van der Waals surface area contributed by atoms with Crippen molar-refractivity contribution in [1.29, 1.82) is 0 Å². The summed E-state index contributed by atoms with van der Waals surface area (Å²) < 4.78 is 5.41. The van der Waals surface area contributed by atoms with Crippen molar-refractivity contribution < 1.29 is 4.42 Å². The van der Waals surface area contributed by atoms with E-state index in [1.807, 2.05) is 30.6 Å². The van der Waals surface area contributed by atoms with Crippen molar-refractivity contribution in [2.75, 3.05) is 6.54 Å². The van der Waals surface area contributed by atoms with Crippen molar-refractivity contribution in [1.82, 2.24) is 19.9 Å². The topological polar surface area (TPSA) is 55.1 Å². The smallest absolute Gasteiger partial charge is 0.195 e. The molecule has 0 aliphatic carbocycles. The van der Waals surface area contributed by atoms with Crippen molar-refractivity contribution in [2.24, 2.45) is 0 Å². The van der Waals surface area contributed by atoms with E-state index in [-0.39, 0.29) is 0 Å². The fourth-order valence-corrected chi connectivity index (χ4v) is 3.57. The van der Waals surface area contributed by atoms with Crippen LogP contribution in [0.2, 0.25) is 0 Å². The summed E-state index contributed by atoms with van der Waals surface area (Å²) in [5, 5.41) is 1.23. The Morgan fingerprint density at radius 3 is 2.92 bits per heavy atom. The minimum atomic E-state index is 0.669. The zero-order chi connectivity index (χ0) is 17.3. The van der Waals surface area contributed by atoms with Gasteiger partial charge in [-0.3, -0.25) is 9.88 Å². The number of fused-ring (bicyclic) bond motifs is 2. The van der Waals surface area contributed by atoms with Gasteiger partial charge in [-0.05, 0) is 29.8 Å². The maximum Gasteiger partial charge on any atom is 0.195 e. The van der Waals surface area contributed by atoms with Crippen molar-refractivity contribution >= 4 is 10.9 Å². The van der Waals surface area contributed by atoms with E-state index < -0.39 is 0 Å². The van der Waals surface area contributed by atoms with E-state index in [1.54, 1.807) is 6.26 Å². The fraction of sp³-hybridized carbons (Fsp3) is 0.190. The third-order valence-corrected chi connectivity index (χ3v) is 4.89. The summed E-state index contributed by atoms with van der Waals surface area (Å²) in [6.07, 6.45) is 6.42. The van der Waals surface area contributed by atoms with Crippen molar-refractivity contribution in [2.45, 2.75) is 19.5 Å². The SMILES string of the molecule is c1coc(-c2ncc3c(n2)CCN(Cc2ccnc4ccccc24)C3)c1. The molecular formula is C21H18N4O. The second kappa shape index (κ2) is 6.35. The van der Waals surface area contributed by atoms with E-state index in [4.69, 9.17) is 9.40 Å². The highest BCUT2D eigenvalue weighted by atomic mass is 16.3. The summed E-state index contributed by atoms with van der Waals surface area (Å²) in [5.41, 5.74) is 4.69. The molecule has 26 heavy (non-hydrogen) atoms. The molecule has 0 N–H and O–H groups in total. The molecule has 3 aromatic heterocycles. The summed E-state index contributed by atoms with van der Waals surface area (Å²) in [6.45, 7) is 2.76. The molecule has 0 atom stereocenters. The molecule has 0 unspecified atom stereocenters. The standard InChI is InChI=1S/C21H18N4O/c1-2-5-19-17(4-1)15(7-9-22-19)13-25-10-8-18-16(14-25)12-23-21(24-18)20-6-3-11-26-20/h1-7,9,11-12H,8,10,13-14H2. The van der Waals surface area contributed by atoms with Gasteiger partial charge in [0.15, 0.2) is 11.6 Å². The summed E-state index contributed by atoms with van der Waals surface area (Å²) in [6, 6.07) is 14.2. The van der Waals surface area contributed by atoms with Gasteiger partial charge in [-0.1, -0.05) is 18.2 Å². The second-order valence-corrected chi connectivity index (χ2v) is 6.59. The predicted molar refractivity (Wildman–Crippen MR) is 99.3 cm³/mol. The average Bonchev–Trinajstić information content (AvgIpc) is 3.23. The number of nitrogens with zero attached hydrogens (tertiary/aromatic N) is 4. The van der Waals surface area contributed by atoms with Crippen LogP contribution in [0.25, 0.3) is 22.5 Å². The van der Waals surface area contributed by atoms with Crippen LogP contribution in [0.4, 0.5) is 0 Å². The molecule has 1 aromatic carbocycles. The maximum absolute atomic E-state index is 5.41. The molecule has 0 saturated carbocycles. The zero-order valence-corrected chi connectivity index (χ0v) is 14.3.